The third-order valence-corrected chi connectivity index (χ3v) is 4.77. The van der Waals surface area contributed by atoms with Crippen LogP contribution in [0, 0.1) is 0 Å². The van der Waals surface area contributed by atoms with E-state index in [1.807, 2.05) is 12.3 Å². The van der Waals surface area contributed by atoms with Gasteiger partial charge in [0, 0.05) is 50.7 Å². The summed E-state index contributed by atoms with van der Waals surface area (Å²) in [6.07, 6.45) is 4.70. The number of anilines is 1. The first-order valence-corrected chi connectivity index (χ1v) is 8.97. The molecule has 3 aromatic rings. The highest BCUT2D eigenvalue weighted by molar-refractivity contribution is 5.78. The average molecular weight is 336 g/mol. The molecule has 0 aromatic carbocycles. The molecular formula is C19H24N6. The Morgan fingerprint density at radius 2 is 1.88 bits per heavy atom. The second kappa shape index (κ2) is 6.80. The van der Waals surface area contributed by atoms with Crippen molar-refractivity contribution in [2.24, 2.45) is 0 Å². The number of nitrogens with zero attached hydrogens (tertiary/aromatic N) is 6. The molecule has 0 bridgehead atoms. The van der Waals surface area contributed by atoms with Crippen LogP contribution in [0.4, 0.5) is 5.82 Å². The molecule has 1 saturated heterocycles. The molecular weight excluding hydrogens is 312 g/mol. The topological polar surface area (TPSA) is 50.1 Å². The molecule has 0 saturated carbocycles. The second-order valence-electron chi connectivity index (χ2n) is 6.63. The third-order valence-electron chi connectivity index (χ3n) is 4.77. The van der Waals surface area contributed by atoms with Crippen LogP contribution in [0.2, 0.25) is 0 Å². The monoisotopic (exact) mass is 336 g/mol. The lowest BCUT2D eigenvalue weighted by Crippen LogP contribution is -2.44. The van der Waals surface area contributed by atoms with E-state index in [-0.39, 0.29) is 0 Å². The van der Waals surface area contributed by atoms with E-state index >= 15 is 0 Å². The predicted molar refractivity (Wildman–Crippen MR) is 101 cm³/mol. The number of imidazole rings is 1. The summed E-state index contributed by atoms with van der Waals surface area (Å²) in [6.45, 7) is 7.28. The van der Waals surface area contributed by atoms with Gasteiger partial charge in [0.05, 0.1) is 0 Å². The maximum Gasteiger partial charge on any atom is 0.162 e. The zero-order chi connectivity index (χ0) is 17.2. The van der Waals surface area contributed by atoms with E-state index < -0.39 is 0 Å². The molecule has 4 rings (SSSR count). The molecule has 25 heavy (non-hydrogen) atoms. The quantitative estimate of drug-likeness (QED) is 0.733. The van der Waals surface area contributed by atoms with Gasteiger partial charge in [0.1, 0.15) is 17.2 Å². The molecule has 3 aromatic heterocycles. The molecule has 0 amide bonds. The van der Waals surface area contributed by atoms with Crippen molar-refractivity contribution < 1.29 is 0 Å². The Kier molecular flexibility index (Phi) is 4.36. The number of likely N-dealkylation sites (N-methyl/N-ethyl adjacent to an activating group) is 1. The summed E-state index contributed by atoms with van der Waals surface area (Å²) >= 11 is 0. The molecule has 0 N–H and O–H groups in total. The third kappa shape index (κ3) is 3.09. The van der Waals surface area contributed by atoms with Gasteiger partial charge in [-0.15, -0.1) is 0 Å². The first kappa shape index (κ1) is 16.0. The smallest absolute Gasteiger partial charge is 0.162 e. The van der Waals surface area contributed by atoms with E-state index in [0.717, 1.165) is 67.5 Å². The van der Waals surface area contributed by atoms with Gasteiger partial charge in [-0.25, -0.2) is 9.97 Å². The summed E-state index contributed by atoms with van der Waals surface area (Å²) in [5.41, 5.74) is 2.96. The number of hydrogen-bond acceptors (Lipinski definition) is 5. The summed E-state index contributed by atoms with van der Waals surface area (Å²) in [6, 6.07) is 8.21. The Balaban J connectivity index is 1.77. The van der Waals surface area contributed by atoms with Gasteiger partial charge < -0.3 is 14.4 Å². The van der Waals surface area contributed by atoms with Gasteiger partial charge >= 0.3 is 0 Å². The van der Waals surface area contributed by atoms with Gasteiger partial charge in [0.25, 0.3) is 0 Å². The number of hydrogen-bond donors (Lipinski definition) is 0. The number of rotatable bonds is 4. The average Bonchev–Trinajstić information content (AvgIpc) is 3.01. The molecule has 1 fully saturated rings. The van der Waals surface area contributed by atoms with E-state index in [0.29, 0.717) is 0 Å². The maximum absolute atomic E-state index is 4.98. The fourth-order valence-electron chi connectivity index (χ4n) is 3.35. The number of aryl methyl sites for hydroxylation is 1. The van der Waals surface area contributed by atoms with Crippen LogP contribution >= 0.6 is 0 Å². The van der Waals surface area contributed by atoms with Gasteiger partial charge in [0.2, 0.25) is 0 Å². The van der Waals surface area contributed by atoms with Crippen LogP contribution in [0.5, 0.6) is 0 Å². The Hall–Kier alpha value is -2.47. The fraction of sp³-hybridized carbons (Fsp3) is 0.421. The van der Waals surface area contributed by atoms with E-state index in [1.54, 1.807) is 6.20 Å². The Morgan fingerprint density at radius 1 is 1.04 bits per heavy atom. The number of pyridine rings is 2. The maximum atomic E-state index is 4.98. The van der Waals surface area contributed by atoms with Crippen molar-refractivity contribution in [1.29, 1.82) is 0 Å². The first-order chi connectivity index (χ1) is 12.3. The van der Waals surface area contributed by atoms with Gasteiger partial charge in [-0.3, -0.25) is 4.98 Å². The van der Waals surface area contributed by atoms with Crippen LogP contribution in [0.1, 0.15) is 13.3 Å². The second-order valence-corrected chi connectivity index (χ2v) is 6.63. The Labute approximate surface area is 148 Å². The van der Waals surface area contributed by atoms with Crippen molar-refractivity contribution in [3.05, 3.63) is 36.7 Å². The molecule has 6 nitrogen and oxygen atoms in total. The fourth-order valence-corrected chi connectivity index (χ4v) is 3.35. The van der Waals surface area contributed by atoms with Crippen LogP contribution in [0.25, 0.3) is 22.6 Å². The molecule has 0 radical (unpaired) electrons. The lowest BCUT2D eigenvalue weighted by atomic mass is 10.2. The molecule has 1 aliphatic heterocycles. The SMILES string of the molecule is CCCn1c(-c2cccnc2)nc2ccc(N3CCN(C)CC3)nc21. The highest BCUT2D eigenvalue weighted by atomic mass is 15.3. The Bertz CT molecular complexity index is 849. The number of aromatic nitrogens is 4. The molecule has 6 heteroatoms. The normalized spacial score (nSPS) is 15.8. The molecule has 0 spiro atoms. The van der Waals surface area contributed by atoms with Crippen LogP contribution < -0.4 is 4.90 Å². The van der Waals surface area contributed by atoms with Crippen LogP contribution in [-0.2, 0) is 6.54 Å². The molecule has 4 heterocycles. The van der Waals surface area contributed by atoms with Crippen molar-refractivity contribution in [2.75, 3.05) is 38.1 Å². The highest BCUT2D eigenvalue weighted by Gasteiger charge is 2.18. The minimum absolute atomic E-state index is 0.903. The summed E-state index contributed by atoms with van der Waals surface area (Å²) in [7, 11) is 2.17. The molecule has 130 valence electrons. The van der Waals surface area contributed by atoms with E-state index in [2.05, 4.69) is 51.5 Å². The zero-order valence-electron chi connectivity index (χ0n) is 14.9. The summed E-state index contributed by atoms with van der Waals surface area (Å²) in [4.78, 5) is 18.8. The van der Waals surface area contributed by atoms with Crippen LogP contribution in [0.15, 0.2) is 36.7 Å². The zero-order valence-corrected chi connectivity index (χ0v) is 14.9. The molecule has 0 aliphatic carbocycles. The standard InChI is InChI=1S/C19H24N6/c1-3-9-25-18(15-5-4-8-20-14-15)21-16-6-7-17(22-19(16)25)24-12-10-23(2)11-13-24/h4-8,14H,3,9-13H2,1-2H3. The highest BCUT2D eigenvalue weighted by Crippen LogP contribution is 2.26. The predicted octanol–water partition coefficient (Wildman–Crippen LogP) is 2.66. The van der Waals surface area contributed by atoms with Gasteiger partial charge in [-0.1, -0.05) is 6.92 Å². The van der Waals surface area contributed by atoms with Crippen LogP contribution in [-0.4, -0.2) is 57.6 Å². The minimum atomic E-state index is 0.903. The molecule has 0 unspecified atom stereocenters. The van der Waals surface area contributed by atoms with E-state index in [1.165, 1.54) is 0 Å². The Morgan fingerprint density at radius 3 is 2.60 bits per heavy atom. The lowest BCUT2D eigenvalue weighted by Gasteiger charge is -2.33. The van der Waals surface area contributed by atoms with Gasteiger partial charge in [-0.05, 0) is 37.7 Å². The van der Waals surface area contributed by atoms with Crippen molar-refractivity contribution in [2.45, 2.75) is 19.9 Å². The van der Waals surface area contributed by atoms with Gasteiger partial charge in [-0.2, -0.15) is 0 Å². The van der Waals surface area contributed by atoms with Crippen molar-refractivity contribution in [3.63, 3.8) is 0 Å². The number of piperazine rings is 1. The number of fused-ring (bicyclic) bond motifs is 1. The van der Waals surface area contributed by atoms with Crippen LogP contribution in [0.3, 0.4) is 0 Å². The minimum Gasteiger partial charge on any atom is -0.354 e. The molecule has 1 aliphatic rings. The van der Waals surface area contributed by atoms with E-state index in [9.17, 15) is 0 Å². The lowest BCUT2D eigenvalue weighted by molar-refractivity contribution is 0.312. The van der Waals surface area contributed by atoms with Crippen molar-refractivity contribution in [1.82, 2.24) is 24.4 Å². The summed E-state index contributed by atoms with van der Waals surface area (Å²) in [5.74, 6) is 2.00. The van der Waals surface area contributed by atoms with Crippen molar-refractivity contribution in [3.8, 4) is 11.4 Å². The largest absolute Gasteiger partial charge is 0.354 e. The van der Waals surface area contributed by atoms with E-state index in [4.69, 9.17) is 9.97 Å². The van der Waals surface area contributed by atoms with Gasteiger partial charge in [0.15, 0.2) is 5.65 Å². The summed E-state index contributed by atoms with van der Waals surface area (Å²) < 4.78 is 2.23. The first-order valence-electron chi connectivity index (χ1n) is 8.97. The summed E-state index contributed by atoms with van der Waals surface area (Å²) in [5, 5.41) is 0. The van der Waals surface area contributed by atoms with Crippen molar-refractivity contribution >= 4 is 17.0 Å². The molecule has 0 atom stereocenters.